The van der Waals surface area contributed by atoms with E-state index in [1.807, 2.05) is 13.8 Å². The molecule has 0 aromatic heterocycles. The fraction of sp³-hybridized carbons (Fsp3) is 0.467. The van der Waals surface area contributed by atoms with Crippen LogP contribution in [0.1, 0.15) is 32.8 Å². The third kappa shape index (κ3) is 15.1. The Labute approximate surface area is 138 Å². The van der Waals surface area contributed by atoms with Gasteiger partial charge in [0.25, 0.3) is 0 Å². The van der Waals surface area contributed by atoms with Crippen molar-refractivity contribution in [1.29, 1.82) is 5.41 Å². The number of benzene rings is 1. The summed E-state index contributed by atoms with van der Waals surface area (Å²) in [5, 5.41) is 15.5. The monoisotopic (exact) mass is 335 g/mol. The molecule has 0 aliphatic heterocycles. The van der Waals surface area contributed by atoms with Crippen LogP contribution in [0.5, 0.6) is 0 Å². The van der Waals surface area contributed by atoms with Gasteiger partial charge in [-0.3, -0.25) is 10.2 Å². The maximum Gasteiger partial charge on any atom is 0.177 e. The molecule has 0 aliphatic rings. The molecule has 0 amide bonds. The highest BCUT2D eigenvalue weighted by Crippen LogP contribution is 2.08. The molecule has 0 heterocycles. The van der Waals surface area contributed by atoms with Crippen molar-refractivity contribution in [2.24, 2.45) is 0 Å². The van der Waals surface area contributed by atoms with Gasteiger partial charge in [0.2, 0.25) is 0 Å². The van der Waals surface area contributed by atoms with Gasteiger partial charge in [-0.15, -0.1) is 12.6 Å². The normalized spacial score (nSPS) is 7.91. The smallest absolute Gasteiger partial charge is 0.177 e. The maximum absolute atomic E-state index is 10.8. The summed E-state index contributed by atoms with van der Waals surface area (Å²) in [6, 6.07) is 6.95. The predicted molar refractivity (Wildman–Crippen MR) is 93.4 cm³/mol. The van der Waals surface area contributed by atoms with E-state index in [2.05, 4.69) is 17.4 Å². The van der Waals surface area contributed by atoms with Crippen LogP contribution in [0.2, 0.25) is 0 Å². The van der Waals surface area contributed by atoms with Crippen LogP contribution in [0, 0.1) is 5.41 Å². The van der Waals surface area contributed by atoms with Crippen molar-refractivity contribution in [3.8, 4) is 0 Å². The minimum absolute atomic E-state index is 0. The average molecular weight is 335 g/mol. The van der Waals surface area contributed by atoms with Crippen LogP contribution in [0.25, 0.3) is 0 Å². The van der Waals surface area contributed by atoms with Crippen LogP contribution in [0.3, 0.4) is 0 Å². The first-order valence-electron chi connectivity index (χ1n) is 6.51. The van der Waals surface area contributed by atoms with Gasteiger partial charge in [0.05, 0.1) is 0 Å². The SMILES string of the molecule is CC.CC(=O)C(=N)c1ccc(S)cc1.COCCCO.O.O. The number of rotatable bonds is 5. The highest BCUT2D eigenvalue weighted by molar-refractivity contribution is 7.80. The van der Waals surface area contributed by atoms with E-state index in [-0.39, 0.29) is 29.1 Å². The number of nitrogens with one attached hydrogen (secondary N) is 1. The Hall–Kier alpha value is -1.25. The second-order valence-corrected chi connectivity index (χ2v) is 4.06. The van der Waals surface area contributed by atoms with Crippen LogP contribution < -0.4 is 0 Å². The summed E-state index contributed by atoms with van der Waals surface area (Å²) in [5.74, 6) is -0.220. The second kappa shape index (κ2) is 19.8. The summed E-state index contributed by atoms with van der Waals surface area (Å²) in [5.41, 5.74) is 0.684. The van der Waals surface area contributed by atoms with Gasteiger partial charge in [-0.25, -0.2) is 0 Å². The third-order valence-electron chi connectivity index (χ3n) is 2.01. The first-order valence-corrected chi connectivity index (χ1v) is 6.96. The summed E-state index contributed by atoms with van der Waals surface area (Å²) in [7, 11) is 1.62. The third-order valence-corrected chi connectivity index (χ3v) is 2.31. The lowest BCUT2D eigenvalue weighted by Gasteiger charge is -1.98. The number of ketones is 1. The number of thiol groups is 1. The molecule has 1 aromatic carbocycles. The number of aliphatic hydroxyl groups excluding tert-OH is 1. The van der Waals surface area contributed by atoms with Gasteiger partial charge in [-0.1, -0.05) is 26.0 Å². The summed E-state index contributed by atoms with van der Waals surface area (Å²) in [4.78, 5) is 11.6. The molecule has 0 spiro atoms. The van der Waals surface area contributed by atoms with Gasteiger partial charge in [0, 0.05) is 37.7 Å². The zero-order valence-electron chi connectivity index (χ0n) is 13.6. The Kier molecular flexibility index (Phi) is 25.9. The Morgan fingerprint density at radius 3 is 1.95 bits per heavy atom. The largest absolute Gasteiger partial charge is 0.412 e. The lowest BCUT2D eigenvalue weighted by atomic mass is 10.1. The summed E-state index contributed by atoms with van der Waals surface area (Å²) in [6.45, 7) is 6.28. The molecule has 130 valence electrons. The zero-order chi connectivity index (χ0) is 16.0. The quantitative estimate of drug-likeness (QED) is 0.425. The minimum atomic E-state index is -0.220. The molecule has 0 aliphatic carbocycles. The fourth-order valence-electron chi connectivity index (χ4n) is 1.04. The molecule has 22 heavy (non-hydrogen) atoms. The number of Topliss-reactive ketones (excluding diaryl/α,β-unsaturated/α-hetero) is 1. The maximum atomic E-state index is 10.8. The summed E-state index contributed by atoms with van der Waals surface area (Å²) in [6.07, 6.45) is 0.747. The Morgan fingerprint density at radius 1 is 1.23 bits per heavy atom. The number of ether oxygens (including phenoxy) is 1. The Bertz CT molecular complexity index is 378. The summed E-state index contributed by atoms with van der Waals surface area (Å²) < 4.78 is 4.62. The first kappa shape index (κ1) is 28.8. The van der Waals surface area contributed by atoms with Crippen molar-refractivity contribution in [1.82, 2.24) is 0 Å². The zero-order valence-corrected chi connectivity index (χ0v) is 14.5. The standard InChI is InChI=1S/C9H9NOS.C4H10O2.C2H6.2H2O/c1-6(11)9(10)7-2-4-8(12)5-3-7;1-6-4-2-3-5;1-2;;/h2-5,10,12H,1H3;5H,2-4H2,1H3;1-2H3;2*1H2. The topological polar surface area (TPSA) is 133 Å². The van der Waals surface area contributed by atoms with Crippen molar-refractivity contribution < 1.29 is 25.6 Å². The molecule has 0 bridgehead atoms. The van der Waals surface area contributed by atoms with Gasteiger partial charge < -0.3 is 20.8 Å². The molecule has 6 N–H and O–H groups in total. The fourth-order valence-corrected chi connectivity index (χ4v) is 1.19. The average Bonchev–Trinajstić information content (AvgIpc) is 2.48. The van der Waals surface area contributed by atoms with Crippen LogP contribution >= 0.6 is 12.6 Å². The van der Waals surface area contributed by atoms with Crippen molar-refractivity contribution in [2.45, 2.75) is 32.1 Å². The van der Waals surface area contributed by atoms with Crippen molar-refractivity contribution >= 4 is 24.1 Å². The van der Waals surface area contributed by atoms with Gasteiger partial charge in [-0.2, -0.15) is 0 Å². The molecular formula is C15H29NO5S. The van der Waals surface area contributed by atoms with Crippen LogP contribution in [-0.2, 0) is 9.53 Å². The van der Waals surface area contributed by atoms with Crippen molar-refractivity contribution in [3.05, 3.63) is 29.8 Å². The lowest BCUT2D eigenvalue weighted by Crippen LogP contribution is -2.09. The van der Waals surface area contributed by atoms with E-state index in [0.29, 0.717) is 12.2 Å². The lowest BCUT2D eigenvalue weighted by molar-refractivity contribution is -0.111. The van der Waals surface area contributed by atoms with Gasteiger partial charge in [0.1, 0.15) is 5.71 Å². The Morgan fingerprint density at radius 2 is 1.68 bits per heavy atom. The molecule has 0 unspecified atom stereocenters. The number of carbonyl (C=O) groups is 1. The van der Waals surface area contributed by atoms with Gasteiger partial charge in [-0.05, 0) is 18.6 Å². The highest BCUT2D eigenvalue weighted by Gasteiger charge is 2.04. The molecule has 6 nitrogen and oxygen atoms in total. The van der Waals surface area contributed by atoms with Crippen molar-refractivity contribution in [3.63, 3.8) is 0 Å². The number of aliphatic hydroxyl groups is 1. The number of methoxy groups -OCH3 is 1. The van der Waals surface area contributed by atoms with E-state index in [4.69, 9.17) is 10.5 Å². The molecule has 0 saturated heterocycles. The van der Waals surface area contributed by atoms with E-state index < -0.39 is 0 Å². The van der Waals surface area contributed by atoms with E-state index in [1.54, 1.807) is 31.4 Å². The Balaban J connectivity index is -0.000000141. The summed E-state index contributed by atoms with van der Waals surface area (Å²) >= 11 is 4.10. The number of hydrogen-bond acceptors (Lipinski definition) is 5. The first-order chi connectivity index (χ1) is 9.52. The molecule has 1 rings (SSSR count). The van der Waals surface area contributed by atoms with E-state index in [0.717, 1.165) is 11.3 Å². The molecule has 1 aromatic rings. The van der Waals surface area contributed by atoms with Crippen molar-refractivity contribution in [2.75, 3.05) is 20.3 Å². The van der Waals surface area contributed by atoms with Crippen LogP contribution in [0.4, 0.5) is 0 Å². The van der Waals surface area contributed by atoms with Crippen LogP contribution in [-0.4, -0.2) is 47.9 Å². The van der Waals surface area contributed by atoms with Gasteiger partial charge >= 0.3 is 0 Å². The van der Waals surface area contributed by atoms with E-state index in [9.17, 15) is 4.79 Å². The highest BCUT2D eigenvalue weighted by atomic mass is 32.1. The minimum Gasteiger partial charge on any atom is -0.412 e. The molecule has 0 fully saturated rings. The molecule has 0 radical (unpaired) electrons. The molecule has 0 saturated carbocycles. The van der Waals surface area contributed by atoms with E-state index in [1.165, 1.54) is 6.92 Å². The van der Waals surface area contributed by atoms with E-state index >= 15 is 0 Å². The number of carbonyl (C=O) groups excluding carboxylic acids is 1. The number of hydrogen-bond donors (Lipinski definition) is 3. The van der Waals surface area contributed by atoms with Gasteiger partial charge in [0.15, 0.2) is 5.78 Å². The second-order valence-electron chi connectivity index (χ2n) is 3.55. The predicted octanol–water partition coefficient (Wildman–Crippen LogP) is 1.32. The molecule has 0 atom stereocenters. The van der Waals surface area contributed by atoms with Crippen LogP contribution in [0.15, 0.2) is 29.2 Å². The molecule has 7 heteroatoms. The molecular weight excluding hydrogens is 306 g/mol.